The van der Waals surface area contributed by atoms with E-state index < -0.39 is 0 Å². The molecule has 1 fully saturated rings. The van der Waals surface area contributed by atoms with Crippen molar-refractivity contribution in [3.8, 4) is 0 Å². The summed E-state index contributed by atoms with van der Waals surface area (Å²) in [6.07, 6.45) is 2.72. The Labute approximate surface area is 74.9 Å². The molecule has 0 aliphatic heterocycles. The van der Waals surface area contributed by atoms with Crippen molar-refractivity contribution in [1.29, 1.82) is 0 Å². The molecule has 0 spiro atoms. The first-order valence-corrected chi connectivity index (χ1v) is 4.83. The van der Waals surface area contributed by atoms with Gasteiger partial charge >= 0.3 is 0 Å². The molecular formula is C10H19NO. The van der Waals surface area contributed by atoms with Gasteiger partial charge in [-0.25, -0.2) is 0 Å². The van der Waals surface area contributed by atoms with E-state index in [1.807, 2.05) is 0 Å². The zero-order valence-electron chi connectivity index (χ0n) is 8.34. The van der Waals surface area contributed by atoms with E-state index in [0.29, 0.717) is 12.6 Å². The Balaban J connectivity index is 2.30. The smallest absolute Gasteiger partial charge is 0.143 e. The number of hydrogen-bond donors (Lipinski definition) is 0. The number of carbonyl (C=O) groups excluding carboxylic acids is 1. The number of Topliss-reactive ketones (excluding diaryl/α,β-unsaturated/α-hetero) is 1. The summed E-state index contributed by atoms with van der Waals surface area (Å²) in [4.78, 5) is 13.2. The lowest BCUT2D eigenvalue weighted by Gasteiger charge is -2.24. The summed E-state index contributed by atoms with van der Waals surface area (Å²) in [7, 11) is 0. The van der Waals surface area contributed by atoms with Crippen molar-refractivity contribution in [3.63, 3.8) is 0 Å². The van der Waals surface area contributed by atoms with Crippen molar-refractivity contribution >= 4 is 5.78 Å². The molecule has 0 bridgehead atoms. The van der Waals surface area contributed by atoms with Gasteiger partial charge in [0.2, 0.25) is 0 Å². The molecule has 0 atom stereocenters. The average molecular weight is 169 g/mol. The monoisotopic (exact) mass is 169 g/mol. The van der Waals surface area contributed by atoms with E-state index in [1.165, 1.54) is 12.8 Å². The lowest BCUT2D eigenvalue weighted by molar-refractivity contribution is -0.118. The fourth-order valence-electron chi connectivity index (χ4n) is 1.38. The van der Waals surface area contributed by atoms with Crippen LogP contribution in [-0.2, 0) is 4.79 Å². The fourth-order valence-corrected chi connectivity index (χ4v) is 1.38. The molecule has 1 rings (SSSR count). The van der Waals surface area contributed by atoms with E-state index in [2.05, 4.69) is 18.7 Å². The highest BCUT2D eigenvalue weighted by molar-refractivity contribution is 5.77. The molecular weight excluding hydrogens is 150 g/mol. The van der Waals surface area contributed by atoms with Gasteiger partial charge in [-0.2, -0.15) is 0 Å². The molecule has 1 aliphatic rings. The average Bonchev–Trinajstić information content (AvgIpc) is 2.68. The van der Waals surface area contributed by atoms with Crippen LogP contribution in [0.5, 0.6) is 0 Å². The van der Waals surface area contributed by atoms with Crippen molar-refractivity contribution in [2.24, 2.45) is 5.92 Å². The molecule has 70 valence electrons. The van der Waals surface area contributed by atoms with Gasteiger partial charge in [-0.3, -0.25) is 9.69 Å². The molecule has 12 heavy (non-hydrogen) atoms. The number of nitrogens with zero attached hydrogens (tertiary/aromatic N) is 1. The predicted molar refractivity (Wildman–Crippen MR) is 50.1 cm³/mol. The van der Waals surface area contributed by atoms with Gasteiger partial charge in [0.1, 0.15) is 5.78 Å². The first kappa shape index (κ1) is 9.72. The zero-order valence-corrected chi connectivity index (χ0v) is 8.34. The van der Waals surface area contributed by atoms with Gasteiger partial charge < -0.3 is 0 Å². The van der Waals surface area contributed by atoms with Gasteiger partial charge in [0.05, 0.1) is 6.54 Å². The largest absolute Gasteiger partial charge is 0.299 e. The molecule has 1 aliphatic carbocycles. The van der Waals surface area contributed by atoms with Gasteiger partial charge in [0, 0.05) is 12.6 Å². The maximum absolute atomic E-state index is 10.9. The molecule has 2 nitrogen and oxygen atoms in total. The Hall–Kier alpha value is -0.370. The van der Waals surface area contributed by atoms with Crippen molar-refractivity contribution in [3.05, 3.63) is 0 Å². The Kier molecular flexibility index (Phi) is 3.27. The van der Waals surface area contributed by atoms with Crippen LogP contribution in [0.25, 0.3) is 0 Å². The quantitative estimate of drug-likeness (QED) is 0.624. The lowest BCUT2D eigenvalue weighted by atomic mass is 10.2. The SMILES string of the molecule is CC(=O)CN(CC1CC1)C(C)C. The van der Waals surface area contributed by atoms with E-state index in [-0.39, 0.29) is 5.78 Å². The van der Waals surface area contributed by atoms with Gasteiger partial charge in [-0.05, 0) is 39.5 Å². The Morgan fingerprint density at radius 1 is 1.50 bits per heavy atom. The third-order valence-electron chi connectivity index (χ3n) is 2.35. The Bertz CT molecular complexity index is 161. The van der Waals surface area contributed by atoms with Crippen LogP contribution in [0.4, 0.5) is 0 Å². The van der Waals surface area contributed by atoms with Crippen LogP contribution in [0, 0.1) is 5.92 Å². The Morgan fingerprint density at radius 2 is 2.08 bits per heavy atom. The second-order valence-corrected chi connectivity index (χ2v) is 4.17. The normalized spacial score (nSPS) is 17.4. The van der Waals surface area contributed by atoms with E-state index >= 15 is 0 Å². The minimum absolute atomic E-state index is 0.282. The van der Waals surface area contributed by atoms with E-state index in [0.717, 1.165) is 12.5 Å². The standard InChI is InChI=1S/C10H19NO/c1-8(2)11(6-9(3)12)7-10-4-5-10/h8,10H,4-7H2,1-3H3. The fraction of sp³-hybridized carbons (Fsp3) is 0.900. The molecule has 0 aromatic rings. The third kappa shape index (κ3) is 3.35. The topological polar surface area (TPSA) is 20.3 Å². The molecule has 0 N–H and O–H groups in total. The summed E-state index contributed by atoms with van der Waals surface area (Å²) < 4.78 is 0. The molecule has 0 heterocycles. The van der Waals surface area contributed by atoms with Gasteiger partial charge in [-0.15, -0.1) is 0 Å². The van der Waals surface area contributed by atoms with Crippen molar-refractivity contribution < 1.29 is 4.79 Å². The summed E-state index contributed by atoms with van der Waals surface area (Å²) in [5, 5.41) is 0. The third-order valence-corrected chi connectivity index (χ3v) is 2.35. The molecule has 0 aromatic heterocycles. The Morgan fingerprint density at radius 3 is 2.42 bits per heavy atom. The van der Waals surface area contributed by atoms with E-state index in [4.69, 9.17) is 0 Å². The minimum atomic E-state index is 0.282. The second-order valence-electron chi connectivity index (χ2n) is 4.17. The number of rotatable bonds is 5. The highest BCUT2D eigenvalue weighted by atomic mass is 16.1. The highest BCUT2D eigenvalue weighted by Gasteiger charge is 2.25. The molecule has 0 amide bonds. The molecule has 0 radical (unpaired) electrons. The first-order chi connectivity index (χ1) is 5.59. The van der Waals surface area contributed by atoms with Crippen LogP contribution in [0.1, 0.15) is 33.6 Å². The number of carbonyl (C=O) groups is 1. The van der Waals surface area contributed by atoms with Crippen LogP contribution >= 0.6 is 0 Å². The van der Waals surface area contributed by atoms with Crippen molar-refractivity contribution in [2.45, 2.75) is 39.7 Å². The van der Waals surface area contributed by atoms with Crippen LogP contribution in [0.2, 0.25) is 0 Å². The summed E-state index contributed by atoms with van der Waals surface area (Å²) in [5.41, 5.74) is 0. The maximum Gasteiger partial charge on any atom is 0.143 e. The van der Waals surface area contributed by atoms with Gasteiger partial charge in [-0.1, -0.05) is 0 Å². The number of hydrogen-bond acceptors (Lipinski definition) is 2. The predicted octanol–water partition coefficient (Wildman–Crippen LogP) is 1.70. The molecule has 0 unspecified atom stereocenters. The molecule has 2 heteroatoms. The van der Waals surface area contributed by atoms with Crippen LogP contribution in [-0.4, -0.2) is 29.8 Å². The summed E-state index contributed by atoms with van der Waals surface area (Å²) in [6.45, 7) is 7.74. The summed E-state index contributed by atoms with van der Waals surface area (Å²) in [6, 6.07) is 0.509. The number of ketones is 1. The highest BCUT2D eigenvalue weighted by Crippen LogP contribution is 2.30. The maximum atomic E-state index is 10.9. The van der Waals surface area contributed by atoms with Crippen molar-refractivity contribution in [2.75, 3.05) is 13.1 Å². The van der Waals surface area contributed by atoms with E-state index in [9.17, 15) is 4.79 Å². The second kappa shape index (κ2) is 4.04. The summed E-state index contributed by atoms with van der Waals surface area (Å²) >= 11 is 0. The van der Waals surface area contributed by atoms with E-state index in [1.54, 1.807) is 6.92 Å². The zero-order chi connectivity index (χ0) is 9.14. The van der Waals surface area contributed by atoms with Crippen LogP contribution < -0.4 is 0 Å². The minimum Gasteiger partial charge on any atom is -0.299 e. The first-order valence-electron chi connectivity index (χ1n) is 4.83. The molecule has 1 saturated carbocycles. The summed E-state index contributed by atoms with van der Waals surface area (Å²) in [5.74, 6) is 1.16. The van der Waals surface area contributed by atoms with Crippen molar-refractivity contribution in [1.82, 2.24) is 4.90 Å². The molecule has 0 saturated heterocycles. The van der Waals surface area contributed by atoms with Crippen LogP contribution in [0.3, 0.4) is 0 Å². The lowest BCUT2D eigenvalue weighted by Crippen LogP contribution is -2.36. The van der Waals surface area contributed by atoms with Gasteiger partial charge in [0.25, 0.3) is 0 Å². The molecule has 0 aromatic carbocycles. The van der Waals surface area contributed by atoms with Gasteiger partial charge in [0.15, 0.2) is 0 Å². The van der Waals surface area contributed by atoms with Crippen LogP contribution in [0.15, 0.2) is 0 Å².